The summed E-state index contributed by atoms with van der Waals surface area (Å²) in [4.78, 5) is 6.19. The van der Waals surface area contributed by atoms with Gasteiger partial charge in [-0.1, -0.05) is 36.0 Å². The summed E-state index contributed by atoms with van der Waals surface area (Å²) in [6.45, 7) is 6.54. The van der Waals surface area contributed by atoms with Gasteiger partial charge in [0.25, 0.3) is 0 Å². The molecule has 3 nitrogen and oxygen atoms in total. The molecule has 0 saturated carbocycles. The Labute approximate surface area is 154 Å². The molecule has 1 unspecified atom stereocenters. The van der Waals surface area contributed by atoms with Crippen LogP contribution in [-0.2, 0) is 4.20 Å². The smallest absolute Gasteiger partial charge is 0.202 e. The number of nitrogens with zero attached hydrogens (tertiary/aromatic N) is 1. The van der Waals surface area contributed by atoms with Crippen molar-refractivity contribution < 1.29 is 0 Å². The Balaban J connectivity index is 1.76. The van der Waals surface area contributed by atoms with Crippen LogP contribution in [-0.4, -0.2) is 10.5 Å². The second kappa shape index (κ2) is 5.95. The number of benzene rings is 2. The highest BCUT2D eigenvalue weighted by Gasteiger charge is 2.44. The molecule has 0 spiro atoms. The lowest BCUT2D eigenvalue weighted by atomic mass is 10.1. The van der Waals surface area contributed by atoms with Gasteiger partial charge in [0.15, 0.2) is 0 Å². The number of nitrogens with one attached hydrogen (secondary N) is 2. The first-order chi connectivity index (χ1) is 11.5. The molecular weight excluding hydrogens is 354 g/mol. The highest BCUT2D eigenvalue weighted by atomic mass is 32.2. The average Bonchev–Trinajstić information content (AvgIpc) is 3.14. The van der Waals surface area contributed by atoms with E-state index in [1.54, 1.807) is 23.3 Å². The molecule has 24 heavy (non-hydrogen) atoms. The summed E-state index contributed by atoms with van der Waals surface area (Å²) >= 11 is 5.30. The molecule has 0 saturated heterocycles. The topological polar surface area (TPSA) is 37.0 Å². The zero-order valence-electron chi connectivity index (χ0n) is 13.8. The van der Waals surface area contributed by atoms with Crippen LogP contribution < -0.4 is 10.0 Å². The Morgan fingerprint density at radius 1 is 1.08 bits per heavy atom. The van der Waals surface area contributed by atoms with E-state index in [2.05, 4.69) is 73.3 Å². The zero-order chi connectivity index (χ0) is 16.8. The maximum atomic E-state index is 4.92. The van der Waals surface area contributed by atoms with Gasteiger partial charge in [0.05, 0.1) is 10.2 Å². The van der Waals surface area contributed by atoms with E-state index in [0.29, 0.717) is 0 Å². The van der Waals surface area contributed by atoms with Gasteiger partial charge in [-0.05, 0) is 57.0 Å². The van der Waals surface area contributed by atoms with Crippen LogP contribution in [0.4, 0.5) is 5.69 Å². The predicted molar refractivity (Wildman–Crippen MR) is 108 cm³/mol. The number of hydrogen-bond acceptors (Lipinski definition) is 6. The van der Waals surface area contributed by atoms with Crippen LogP contribution in [0.25, 0.3) is 10.2 Å². The zero-order valence-corrected chi connectivity index (χ0v) is 16.2. The van der Waals surface area contributed by atoms with Crippen molar-refractivity contribution in [2.75, 3.05) is 5.32 Å². The van der Waals surface area contributed by atoms with Crippen molar-refractivity contribution in [3.05, 3.63) is 53.5 Å². The van der Waals surface area contributed by atoms with E-state index in [1.165, 1.54) is 15.3 Å². The molecule has 1 aliphatic heterocycles. The maximum absolute atomic E-state index is 4.92. The monoisotopic (exact) mass is 373 g/mol. The van der Waals surface area contributed by atoms with Crippen molar-refractivity contribution in [2.45, 2.75) is 35.4 Å². The molecule has 0 amide bonds. The van der Waals surface area contributed by atoms with Crippen LogP contribution in [0.1, 0.15) is 25.8 Å². The molecule has 1 atom stereocenters. The Bertz CT molecular complexity index is 824. The minimum Gasteiger partial charge on any atom is -0.355 e. The van der Waals surface area contributed by atoms with E-state index >= 15 is 0 Å². The summed E-state index contributed by atoms with van der Waals surface area (Å²) in [6, 6.07) is 16.8. The van der Waals surface area contributed by atoms with Crippen LogP contribution in [0, 0.1) is 0 Å². The Kier molecular flexibility index (Phi) is 4.03. The molecule has 4 rings (SSSR count). The molecule has 6 heteroatoms. The number of fused-ring (bicyclic) bond motifs is 2. The van der Waals surface area contributed by atoms with Gasteiger partial charge in [0, 0.05) is 16.1 Å². The van der Waals surface area contributed by atoms with Crippen LogP contribution >= 0.6 is 35.0 Å². The molecule has 0 radical (unpaired) electrons. The first-order valence-corrected chi connectivity index (χ1v) is 10.3. The first-order valence-electron chi connectivity index (χ1n) is 7.83. The second-order valence-electron chi connectivity index (χ2n) is 6.78. The maximum Gasteiger partial charge on any atom is 0.202 e. The highest BCUT2D eigenvalue weighted by Crippen LogP contribution is 2.57. The predicted octanol–water partition coefficient (Wildman–Crippen LogP) is 5.66. The molecular formula is C18H19N3S3. The Morgan fingerprint density at radius 2 is 1.83 bits per heavy atom. The van der Waals surface area contributed by atoms with Crippen LogP contribution in [0.15, 0.2) is 53.4 Å². The van der Waals surface area contributed by atoms with Gasteiger partial charge in [0.1, 0.15) is 5.01 Å². The standard InChI is InChI=1S/C18H19N3S3/c1-17(2,3)21-24-18(20-13-9-5-7-11-15(13)23-18)16-19-12-8-4-6-10-14(12)22-16/h4-11,20-21H,1-3H3. The minimum atomic E-state index is -0.347. The third kappa shape index (κ3) is 3.04. The van der Waals surface area contributed by atoms with Crippen molar-refractivity contribution in [2.24, 2.45) is 0 Å². The van der Waals surface area contributed by atoms with Crippen LogP contribution in [0.3, 0.4) is 0 Å². The van der Waals surface area contributed by atoms with Gasteiger partial charge in [-0.25, -0.2) is 4.98 Å². The third-order valence-electron chi connectivity index (χ3n) is 3.52. The number of thiazole rings is 1. The van der Waals surface area contributed by atoms with Gasteiger partial charge in [0.2, 0.25) is 4.20 Å². The summed E-state index contributed by atoms with van der Waals surface area (Å²) in [7, 11) is 0. The molecule has 2 aromatic carbocycles. The number of thioether (sulfide) groups is 1. The summed E-state index contributed by atoms with van der Waals surface area (Å²) in [5.41, 5.74) is 2.25. The van der Waals surface area contributed by atoms with E-state index in [4.69, 9.17) is 4.98 Å². The van der Waals surface area contributed by atoms with Crippen molar-refractivity contribution in [1.29, 1.82) is 0 Å². The van der Waals surface area contributed by atoms with Gasteiger partial charge >= 0.3 is 0 Å². The summed E-state index contributed by atoms with van der Waals surface area (Å²) in [6.07, 6.45) is 0. The molecule has 0 fully saturated rings. The van der Waals surface area contributed by atoms with E-state index in [0.717, 1.165) is 10.5 Å². The fourth-order valence-corrected chi connectivity index (χ4v) is 6.13. The van der Waals surface area contributed by atoms with Crippen molar-refractivity contribution in [3.63, 3.8) is 0 Å². The van der Waals surface area contributed by atoms with Gasteiger partial charge in [-0.2, -0.15) is 0 Å². The fraction of sp³-hybridized carbons (Fsp3) is 0.278. The van der Waals surface area contributed by atoms with E-state index in [1.807, 2.05) is 17.8 Å². The molecule has 3 aromatic rings. The van der Waals surface area contributed by atoms with E-state index in [9.17, 15) is 0 Å². The third-order valence-corrected chi connectivity index (χ3v) is 7.89. The van der Waals surface area contributed by atoms with Crippen molar-refractivity contribution in [1.82, 2.24) is 9.71 Å². The summed E-state index contributed by atoms with van der Waals surface area (Å²) in [5, 5.41) is 4.80. The second-order valence-corrected chi connectivity index (χ2v) is 10.3. The van der Waals surface area contributed by atoms with Crippen molar-refractivity contribution in [3.8, 4) is 0 Å². The number of aromatic nitrogens is 1. The minimum absolute atomic E-state index is 0.0192. The fourth-order valence-electron chi connectivity index (χ4n) is 2.44. The summed E-state index contributed by atoms with van der Waals surface area (Å²) < 4.78 is 4.46. The Hall–Kier alpha value is -1.21. The normalized spacial score (nSPS) is 20.1. The lowest BCUT2D eigenvalue weighted by Gasteiger charge is -2.30. The molecule has 0 aliphatic carbocycles. The molecule has 1 aromatic heterocycles. The SMILES string of the molecule is CC(C)(C)NSC1(c2nc3ccccc3s2)Nc2ccccc2S1. The molecule has 1 aliphatic rings. The number of hydrogen-bond donors (Lipinski definition) is 2. The van der Waals surface area contributed by atoms with E-state index < -0.39 is 0 Å². The lowest BCUT2D eigenvalue weighted by molar-refractivity contribution is 0.533. The lowest BCUT2D eigenvalue weighted by Crippen LogP contribution is -2.36. The Morgan fingerprint density at radius 3 is 2.58 bits per heavy atom. The van der Waals surface area contributed by atoms with E-state index in [-0.39, 0.29) is 9.74 Å². The largest absolute Gasteiger partial charge is 0.355 e. The molecule has 2 heterocycles. The number of rotatable bonds is 3. The molecule has 124 valence electrons. The quantitative estimate of drug-likeness (QED) is 0.579. The summed E-state index contributed by atoms with van der Waals surface area (Å²) in [5.74, 6) is 0. The first kappa shape index (κ1) is 16.3. The van der Waals surface area contributed by atoms with Crippen molar-refractivity contribution >= 4 is 51.0 Å². The molecule has 0 bridgehead atoms. The van der Waals surface area contributed by atoms with Gasteiger partial charge in [-0.3, -0.25) is 4.72 Å². The number of anilines is 1. The van der Waals surface area contributed by atoms with Gasteiger partial charge in [-0.15, -0.1) is 11.3 Å². The van der Waals surface area contributed by atoms with Crippen LogP contribution in [0.5, 0.6) is 0 Å². The van der Waals surface area contributed by atoms with Crippen LogP contribution in [0.2, 0.25) is 0 Å². The molecule has 2 N–H and O–H groups in total. The number of para-hydroxylation sites is 2. The highest BCUT2D eigenvalue weighted by molar-refractivity contribution is 8.17. The average molecular weight is 374 g/mol. The van der Waals surface area contributed by atoms with Gasteiger partial charge < -0.3 is 5.32 Å².